The number of rotatable bonds is 6. The second-order valence-corrected chi connectivity index (χ2v) is 9.64. The Morgan fingerprint density at radius 2 is 1.71 bits per heavy atom. The van der Waals surface area contributed by atoms with E-state index in [9.17, 15) is 4.79 Å². The van der Waals surface area contributed by atoms with Gasteiger partial charge in [-0.05, 0) is 67.6 Å². The molecule has 0 N–H and O–H groups in total. The SMILES string of the molecule is Cc1nn(-c2ccccc2)c(Sc2cccc3cccnc23)c1/C=C/C(=O)c1ccc(Br)cc1. The summed E-state index contributed by atoms with van der Waals surface area (Å²) in [5.74, 6) is -0.0536. The van der Waals surface area contributed by atoms with E-state index in [1.807, 2.05) is 90.6 Å². The van der Waals surface area contributed by atoms with E-state index < -0.39 is 0 Å². The molecule has 2 heterocycles. The Morgan fingerprint density at radius 1 is 0.941 bits per heavy atom. The minimum Gasteiger partial charge on any atom is -0.289 e. The normalized spacial score (nSPS) is 11.4. The molecule has 34 heavy (non-hydrogen) atoms. The van der Waals surface area contributed by atoms with Crippen LogP contribution in [-0.4, -0.2) is 20.5 Å². The number of fused-ring (bicyclic) bond motifs is 1. The fraction of sp³-hybridized carbons (Fsp3) is 0.0357. The molecule has 0 atom stereocenters. The molecule has 5 rings (SSSR count). The van der Waals surface area contributed by atoms with Crippen molar-refractivity contribution < 1.29 is 4.79 Å². The number of hydrogen-bond donors (Lipinski definition) is 0. The average molecular weight is 526 g/mol. The molecule has 5 aromatic rings. The summed E-state index contributed by atoms with van der Waals surface area (Å²) in [5.41, 5.74) is 4.29. The van der Waals surface area contributed by atoms with E-state index in [0.717, 1.165) is 42.2 Å². The topological polar surface area (TPSA) is 47.8 Å². The number of pyridine rings is 1. The summed E-state index contributed by atoms with van der Waals surface area (Å²) >= 11 is 5.02. The molecule has 0 aliphatic rings. The molecule has 0 fully saturated rings. The highest BCUT2D eigenvalue weighted by Gasteiger charge is 2.18. The van der Waals surface area contributed by atoms with Crippen LogP contribution in [0.4, 0.5) is 0 Å². The Balaban J connectivity index is 1.59. The van der Waals surface area contributed by atoms with Gasteiger partial charge in [-0.25, -0.2) is 4.68 Å². The second-order valence-electron chi connectivity index (χ2n) is 7.69. The predicted octanol–water partition coefficient (Wildman–Crippen LogP) is 7.54. The lowest BCUT2D eigenvalue weighted by molar-refractivity contribution is 0.104. The van der Waals surface area contributed by atoms with Crippen LogP contribution in [0.5, 0.6) is 0 Å². The number of halogens is 1. The first-order valence-electron chi connectivity index (χ1n) is 10.7. The van der Waals surface area contributed by atoms with E-state index in [0.29, 0.717) is 5.56 Å². The Bertz CT molecular complexity index is 1500. The quantitative estimate of drug-likeness (QED) is 0.169. The lowest BCUT2D eigenvalue weighted by atomic mass is 10.1. The molecular formula is C28H20BrN3OS. The van der Waals surface area contributed by atoms with Gasteiger partial charge in [0.15, 0.2) is 5.78 Å². The van der Waals surface area contributed by atoms with Crippen molar-refractivity contribution >= 4 is 50.5 Å². The number of para-hydroxylation sites is 2. The van der Waals surface area contributed by atoms with E-state index >= 15 is 0 Å². The first-order valence-corrected chi connectivity index (χ1v) is 12.4. The van der Waals surface area contributed by atoms with Crippen molar-refractivity contribution in [3.8, 4) is 5.69 Å². The summed E-state index contributed by atoms with van der Waals surface area (Å²) in [6.45, 7) is 1.97. The molecule has 0 aliphatic carbocycles. The number of aromatic nitrogens is 3. The van der Waals surface area contributed by atoms with Gasteiger partial charge in [0.1, 0.15) is 5.03 Å². The number of ketones is 1. The number of benzene rings is 3. The molecule has 0 aliphatic heterocycles. The summed E-state index contributed by atoms with van der Waals surface area (Å²) < 4.78 is 2.88. The Labute approximate surface area is 210 Å². The fourth-order valence-electron chi connectivity index (χ4n) is 3.68. The standard InChI is InChI=1S/C28H20BrN3OS/c1-19-24(16-17-25(33)20-12-14-22(29)15-13-20)28(32(31-19)23-9-3-2-4-10-23)34-26-11-5-7-21-8-6-18-30-27(21)26/h2-18H,1H3/b17-16+. The molecule has 0 spiro atoms. The highest BCUT2D eigenvalue weighted by Crippen LogP contribution is 2.37. The molecule has 3 aromatic carbocycles. The summed E-state index contributed by atoms with van der Waals surface area (Å²) in [6, 6.07) is 27.6. The minimum absolute atomic E-state index is 0.0536. The number of carbonyl (C=O) groups is 1. The molecule has 6 heteroatoms. The zero-order valence-corrected chi connectivity index (χ0v) is 20.8. The van der Waals surface area contributed by atoms with Crippen LogP contribution in [0.25, 0.3) is 22.7 Å². The van der Waals surface area contributed by atoms with E-state index in [2.05, 4.69) is 39.1 Å². The molecule has 0 radical (unpaired) electrons. The van der Waals surface area contributed by atoms with Crippen LogP contribution in [-0.2, 0) is 0 Å². The Hall–Kier alpha value is -3.48. The van der Waals surface area contributed by atoms with Crippen LogP contribution in [0.15, 0.2) is 112 Å². The van der Waals surface area contributed by atoms with Gasteiger partial charge in [-0.2, -0.15) is 5.10 Å². The van der Waals surface area contributed by atoms with Gasteiger partial charge < -0.3 is 0 Å². The maximum atomic E-state index is 12.8. The van der Waals surface area contributed by atoms with Gasteiger partial charge in [-0.1, -0.05) is 64.1 Å². The molecule has 4 nitrogen and oxygen atoms in total. The summed E-state index contributed by atoms with van der Waals surface area (Å²) in [4.78, 5) is 18.5. The molecule has 166 valence electrons. The number of aryl methyl sites for hydroxylation is 1. The van der Waals surface area contributed by atoms with E-state index in [4.69, 9.17) is 5.10 Å². The first-order chi connectivity index (χ1) is 16.6. The molecule has 0 amide bonds. The number of allylic oxidation sites excluding steroid dienone is 1. The smallest absolute Gasteiger partial charge is 0.185 e. The predicted molar refractivity (Wildman–Crippen MR) is 142 cm³/mol. The van der Waals surface area contributed by atoms with Gasteiger partial charge in [0.25, 0.3) is 0 Å². The highest BCUT2D eigenvalue weighted by molar-refractivity contribution is 9.10. The zero-order chi connectivity index (χ0) is 23.5. The van der Waals surface area contributed by atoms with Gasteiger partial charge in [0.05, 0.1) is 16.9 Å². The van der Waals surface area contributed by atoms with E-state index in [1.54, 1.807) is 17.8 Å². The highest BCUT2D eigenvalue weighted by atomic mass is 79.9. The number of carbonyl (C=O) groups excluding carboxylic acids is 1. The third kappa shape index (κ3) is 4.60. The maximum Gasteiger partial charge on any atom is 0.185 e. The van der Waals surface area contributed by atoms with Crippen molar-refractivity contribution in [1.82, 2.24) is 14.8 Å². The van der Waals surface area contributed by atoms with Gasteiger partial charge in [-0.15, -0.1) is 0 Å². The lowest BCUT2D eigenvalue weighted by Crippen LogP contribution is -1.98. The van der Waals surface area contributed by atoms with Crippen molar-refractivity contribution in [1.29, 1.82) is 0 Å². The third-order valence-corrected chi connectivity index (χ3v) is 7.06. The van der Waals surface area contributed by atoms with Gasteiger partial charge in [0, 0.05) is 32.1 Å². The lowest BCUT2D eigenvalue weighted by Gasteiger charge is -2.10. The maximum absolute atomic E-state index is 12.8. The minimum atomic E-state index is -0.0536. The Kier molecular flexibility index (Phi) is 6.43. The van der Waals surface area contributed by atoms with Crippen LogP contribution in [0.1, 0.15) is 21.6 Å². The summed E-state index contributed by atoms with van der Waals surface area (Å²) in [6.07, 6.45) is 5.30. The first kappa shape index (κ1) is 22.3. The van der Waals surface area contributed by atoms with Gasteiger partial charge in [-0.3, -0.25) is 9.78 Å². The van der Waals surface area contributed by atoms with Gasteiger partial charge >= 0.3 is 0 Å². The number of hydrogen-bond acceptors (Lipinski definition) is 4. The monoisotopic (exact) mass is 525 g/mol. The average Bonchev–Trinajstić information content (AvgIpc) is 3.18. The van der Waals surface area contributed by atoms with E-state index in [1.165, 1.54) is 0 Å². The Morgan fingerprint density at radius 3 is 2.50 bits per heavy atom. The van der Waals surface area contributed by atoms with Crippen LogP contribution in [0.2, 0.25) is 0 Å². The van der Waals surface area contributed by atoms with Crippen molar-refractivity contribution in [2.45, 2.75) is 16.8 Å². The summed E-state index contributed by atoms with van der Waals surface area (Å²) in [5, 5.41) is 6.84. The van der Waals surface area contributed by atoms with E-state index in [-0.39, 0.29) is 5.78 Å². The van der Waals surface area contributed by atoms with Crippen molar-refractivity contribution in [2.75, 3.05) is 0 Å². The fourth-order valence-corrected chi connectivity index (χ4v) is 5.13. The second kappa shape index (κ2) is 9.79. The largest absolute Gasteiger partial charge is 0.289 e. The van der Waals surface area contributed by atoms with Crippen LogP contribution in [0, 0.1) is 6.92 Å². The molecule has 0 unspecified atom stereocenters. The van der Waals surface area contributed by atoms with Crippen molar-refractivity contribution in [3.63, 3.8) is 0 Å². The summed E-state index contributed by atoms with van der Waals surface area (Å²) in [7, 11) is 0. The molecule has 0 saturated carbocycles. The van der Waals surface area contributed by atoms with Crippen LogP contribution < -0.4 is 0 Å². The molecular weight excluding hydrogens is 506 g/mol. The van der Waals surface area contributed by atoms with Crippen molar-refractivity contribution in [2.24, 2.45) is 0 Å². The van der Waals surface area contributed by atoms with Gasteiger partial charge in [0.2, 0.25) is 0 Å². The molecule has 2 aromatic heterocycles. The van der Waals surface area contributed by atoms with Crippen molar-refractivity contribution in [3.05, 3.63) is 118 Å². The molecule has 0 saturated heterocycles. The third-order valence-electron chi connectivity index (χ3n) is 5.40. The van der Waals surface area contributed by atoms with Crippen LogP contribution in [0.3, 0.4) is 0 Å². The number of nitrogens with zero attached hydrogens (tertiary/aromatic N) is 3. The van der Waals surface area contributed by atoms with Crippen LogP contribution >= 0.6 is 27.7 Å². The molecule has 0 bridgehead atoms. The zero-order valence-electron chi connectivity index (χ0n) is 18.4.